The third-order valence-corrected chi connectivity index (χ3v) is 5.60. The standard InChI is InChI=1S/C11H13ClN2O3S/c1-14-5-4-10(11(14)15)18(16,17)9-3-2-7(13)6-8(9)12/h2-3,6,10H,4-5,13H2,1H3. The van der Waals surface area contributed by atoms with Crippen LogP contribution in [0.5, 0.6) is 0 Å². The second-order valence-corrected chi connectivity index (χ2v) is 6.78. The number of nitrogen functional groups attached to an aromatic ring is 1. The van der Waals surface area contributed by atoms with Crippen LogP contribution in [0.25, 0.3) is 0 Å². The number of nitrogens with two attached hydrogens (primary N) is 1. The van der Waals surface area contributed by atoms with E-state index in [9.17, 15) is 13.2 Å². The van der Waals surface area contributed by atoms with Crippen molar-refractivity contribution in [3.63, 3.8) is 0 Å². The van der Waals surface area contributed by atoms with Gasteiger partial charge in [0.15, 0.2) is 9.84 Å². The molecule has 1 saturated heterocycles. The third kappa shape index (κ3) is 2.06. The lowest BCUT2D eigenvalue weighted by Crippen LogP contribution is -2.31. The predicted octanol–water partition coefficient (Wildman–Crippen LogP) is 0.927. The smallest absolute Gasteiger partial charge is 0.241 e. The van der Waals surface area contributed by atoms with Crippen LogP contribution in [0.15, 0.2) is 23.1 Å². The van der Waals surface area contributed by atoms with Crippen LogP contribution in [0, 0.1) is 0 Å². The average Bonchev–Trinajstić information content (AvgIpc) is 2.59. The lowest BCUT2D eigenvalue weighted by molar-refractivity contribution is -0.126. The highest BCUT2D eigenvalue weighted by atomic mass is 35.5. The molecule has 1 aliphatic heterocycles. The molecule has 18 heavy (non-hydrogen) atoms. The number of anilines is 1. The summed E-state index contributed by atoms with van der Waals surface area (Å²) in [5, 5.41) is -0.985. The zero-order valence-electron chi connectivity index (χ0n) is 9.76. The van der Waals surface area contributed by atoms with Crippen LogP contribution in [0.3, 0.4) is 0 Å². The van der Waals surface area contributed by atoms with E-state index in [0.717, 1.165) is 0 Å². The SMILES string of the molecule is CN1CCC(S(=O)(=O)c2ccc(N)cc2Cl)C1=O. The molecule has 1 aromatic rings. The molecule has 0 bridgehead atoms. The molecule has 0 aromatic heterocycles. The van der Waals surface area contributed by atoms with Gasteiger partial charge in [-0.2, -0.15) is 0 Å². The van der Waals surface area contributed by atoms with Gasteiger partial charge in [0.25, 0.3) is 0 Å². The summed E-state index contributed by atoms with van der Waals surface area (Å²) in [4.78, 5) is 13.2. The van der Waals surface area contributed by atoms with Crippen molar-refractivity contribution >= 4 is 33.0 Å². The van der Waals surface area contributed by atoms with Crippen LogP contribution >= 0.6 is 11.6 Å². The Morgan fingerprint density at radius 3 is 2.61 bits per heavy atom. The Hall–Kier alpha value is -1.27. The molecule has 0 saturated carbocycles. The monoisotopic (exact) mass is 288 g/mol. The van der Waals surface area contributed by atoms with Gasteiger partial charge < -0.3 is 10.6 Å². The molecule has 1 aromatic carbocycles. The molecule has 7 heteroatoms. The molecule has 2 rings (SSSR count). The quantitative estimate of drug-likeness (QED) is 0.821. The van der Waals surface area contributed by atoms with Crippen LogP contribution in [-0.2, 0) is 14.6 Å². The maximum atomic E-state index is 12.3. The fourth-order valence-electron chi connectivity index (χ4n) is 1.98. The molecule has 0 aliphatic carbocycles. The minimum Gasteiger partial charge on any atom is -0.399 e. The number of sulfone groups is 1. The van der Waals surface area contributed by atoms with E-state index in [1.54, 1.807) is 7.05 Å². The number of hydrogen-bond acceptors (Lipinski definition) is 4. The van der Waals surface area contributed by atoms with Gasteiger partial charge in [0, 0.05) is 19.3 Å². The van der Waals surface area contributed by atoms with Crippen molar-refractivity contribution in [2.75, 3.05) is 19.3 Å². The van der Waals surface area contributed by atoms with E-state index >= 15 is 0 Å². The second-order valence-electron chi connectivity index (χ2n) is 4.27. The first-order chi connectivity index (χ1) is 8.34. The Labute approximate surface area is 110 Å². The molecule has 2 N–H and O–H groups in total. The maximum Gasteiger partial charge on any atom is 0.241 e. The topological polar surface area (TPSA) is 80.5 Å². The summed E-state index contributed by atoms with van der Waals surface area (Å²) in [6.45, 7) is 0.440. The molecular weight excluding hydrogens is 276 g/mol. The molecule has 98 valence electrons. The van der Waals surface area contributed by atoms with Gasteiger partial charge in [0.05, 0.1) is 9.92 Å². The number of nitrogens with zero attached hydrogens (tertiary/aromatic N) is 1. The molecule has 1 atom stereocenters. The molecule has 1 aliphatic rings. The molecule has 1 fully saturated rings. The first-order valence-corrected chi connectivity index (χ1v) is 7.30. The largest absolute Gasteiger partial charge is 0.399 e. The summed E-state index contributed by atoms with van der Waals surface area (Å²) < 4.78 is 24.7. The van der Waals surface area contributed by atoms with Crippen LogP contribution in [0.2, 0.25) is 5.02 Å². The van der Waals surface area contributed by atoms with Gasteiger partial charge in [0.1, 0.15) is 5.25 Å². The van der Waals surface area contributed by atoms with Crippen molar-refractivity contribution in [1.29, 1.82) is 0 Å². The van der Waals surface area contributed by atoms with Crippen LogP contribution in [0.4, 0.5) is 5.69 Å². The first kappa shape index (κ1) is 13.2. The van der Waals surface area contributed by atoms with Gasteiger partial charge >= 0.3 is 0 Å². The summed E-state index contributed by atoms with van der Waals surface area (Å²) in [6.07, 6.45) is 0.290. The van der Waals surface area contributed by atoms with Gasteiger partial charge in [-0.05, 0) is 24.6 Å². The van der Waals surface area contributed by atoms with E-state index in [1.165, 1.54) is 23.1 Å². The number of carbonyl (C=O) groups is 1. The molecule has 0 spiro atoms. The van der Waals surface area contributed by atoms with Crippen molar-refractivity contribution < 1.29 is 13.2 Å². The van der Waals surface area contributed by atoms with Gasteiger partial charge in [-0.15, -0.1) is 0 Å². The third-order valence-electron chi connectivity index (χ3n) is 3.02. The maximum absolute atomic E-state index is 12.3. The molecular formula is C11H13ClN2O3S. The molecule has 1 unspecified atom stereocenters. The molecule has 1 heterocycles. The van der Waals surface area contributed by atoms with Crippen LogP contribution < -0.4 is 5.73 Å². The number of halogens is 1. The zero-order valence-corrected chi connectivity index (χ0v) is 11.3. The molecule has 1 amide bonds. The first-order valence-electron chi connectivity index (χ1n) is 5.38. The van der Waals surface area contributed by atoms with E-state index in [1.807, 2.05) is 0 Å². The summed E-state index contributed by atoms with van der Waals surface area (Å²) in [5.41, 5.74) is 5.90. The van der Waals surface area contributed by atoms with Crippen molar-refractivity contribution in [2.45, 2.75) is 16.6 Å². The highest BCUT2D eigenvalue weighted by molar-refractivity contribution is 7.93. The number of benzene rings is 1. The fourth-order valence-corrected chi connectivity index (χ4v) is 4.25. The van der Waals surface area contributed by atoms with Crippen molar-refractivity contribution in [3.8, 4) is 0 Å². The average molecular weight is 289 g/mol. The van der Waals surface area contributed by atoms with Gasteiger partial charge in [-0.3, -0.25) is 4.79 Å². The van der Waals surface area contributed by atoms with E-state index in [4.69, 9.17) is 17.3 Å². The number of rotatable bonds is 2. The van der Waals surface area contributed by atoms with E-state index in [2.05, 4.69) is 0 Å². The van der Waals surface area contributed by atoms with Crippen molar-refractivity contribution in [3.05, 3.63) is 23.2 Å². The normalized spacial score (nSPS) is 20.4. The fraction of sp³-hybridized carbons (Fsp3) is 0.364. The highest BCUT2D eigenvalue weighted by Crippen LogP contribution is 2.30. The summed E-state index contributed by atoms with van der Waals surface area (Å²) in [7, 11) is -2.16. The lowest BCUT2D eigenvalue weighted by atomic mass is 10.3. The van der Waals surface area contributed by atoms with Crippen molar-refractivity contribution in [2.24, 2.45) is 0 Å². The van der Waals surface area contributed by atoms with Crippen LogP contribution in [0.1, 0.15) is 6.42 Å². The Morgan fingerprint density at radius 2 is 2.11 bits per heavy atom. The number of carbonyl (C=O) groups excluding carboxylic acids is 1. The second kappa shape index (κ2) is 4.44. The van der Waals surface area contributed by atoms with Crippen LogP contribution in [-0.4, -0.2) is 38.1 Å². The van der Waals surface area contributed by atoms with E-state index in [-0.39, 0.29) is 15.8 Å². The zero-order chi connectivity index (χ0) is 13.5. The number of likely N-dealkylation sites (tertiary alicyclic amines) is 1. The summed E-state index contributed by atoms with van der Waals surface area (Å²) >= 11 is 5.89. The Kier molecular flexibility index (Phi) is 3.25. The van der Waals surface area contributed by atoms with Gasteiger partial charge in [-0.25, -0.2) is 8.42 Å². The Balaban J connectivity index is 2.46. The Morgan fingerprint density at radius 1 is 1.44 bits per heavy atom. The minimum atomic E-state index is -3.75. The molecule has 5 nitrogen and oxygen atoms in total. The minimum absolute atomic E-state index is 0.0352. The number of amides is 1. The van der Waals surface area contributed by atoms with Crippen molar-refractivity contribution in [1.82, 2.24) is 4.90 Å². The lowest BCUT2D eigenvalue weighted by Gasteiger charge is -2.12. The van der Waals surface area contributed by atoms with E-state index < -0.39 is 15.1 Å². The predicted molar refractivity (Wildman–Crippen MR) is 69.1 cm³/mol. The summed E-state index contributed by atoms with van der Waals surface area (Å²) in [5.74, 6) is -0.386. The van der Waals surface area contributed by atoms with E-state index in [0.29, 0.717) is 18.7 Å². The van der Waals surface area contributed by atoms with Gasteiger partial charge in [0.2, 0.25) is 5.91 Å². The molecule has 0 radical (unpaired) electrons. The highest BCUT2D eigenvalue weighted by Gasteiger charge is 2.41. The van der Waals surface area contributed by atoms with Gasteiger partial charge in [-0.1, -0.05) is 11.6 Å². The summed E-state index contributed by atoms with van der Waals surface area (Å²) in [6, 6.07) is 4.18. The Bertz CT molecular complexity index is 600. The number of hydrogen-bond donors (Lipinski definition) is 1.